The Morgan fingerprint density at radius 2 is 2.07 bits per heavy atom. The van der Waals surface area contributed by atoms with E-state index < -0.39 is 17.0 Å². The molecule has 0 N–H and O–H groups in total. The van der Waals surface area contributed by atoms with Crippen LogP contribution in [0.2, 0.25) is 0 Å². The average Bonchev–Trinajstić information content (AvgIpc) is 2.01. The third-order valence-corrected chi connectivity index (χ3v) is 2.65. The first-order valence-electron chi connectivity index (χ1n) is 3.25. The molecule has 2 nitrogen and oxygen atoms in total. The molecule has 0 saturated heterocycles. The van der Waals surface area contributed by atoms with Gasteiger partial charge in [-0.05, 0) is 40.3 Å². The fourth-order valence-corrected chi connectivity index (χ4v) is 1.97. The molecule has 0 radical (unpaired) electrons. The highest BCUT2D eigenvalue weighted by atomic mass is 127. The van der Waals surface area contributed by atoms with Gasteiger partial charge >= 0.3 is 6.18 Å². The van der Waals surface area contributed by atoms with Crippen molar-refractivity contribution in [1.29, 1.82) is 0 Å². The number of hydrogen-bond donors (Lipinski definition) is 0. The van der Waals surface area contributed by atoms with Crippen molar-refractivity contribution in [2.45, 2.75) is 6.18 Å². The minimum Gasteiger partial charge on any atom is -0.274 e. The molecule has 76 valence electrons. The quantitative estimate of drug-likeness (QED) is 0.583. The van der Waals surface area contributed by atoms with E-state index in [0.717, 1.165) is 12.3 Å². The van der Waals surface area contributed by atoms with Crippen LogP contribution in [0, 0.1) is 3.57 Å². The molecule has 7 heteroatoms. The Balaban J connectivity index is 3.35. The van der Waals surface area contributed by atoms with E-state index in [0.29, 0.717) is 0 Å². The zero-order chi connectivity index (χ0) is 10.9. The van der Waals surface area contributed by atoms with E-state index in [2.05, 4.69) is 4.98 Å². The van der Waals surface area contributed by atoms with Gasteiger partial charge in [0.1, 0.15) is 5.69 Å². The molecule has 0 fully saturated rings. The van der Waals surface area contributed by atoms with E-state index in [1.54, 1.807) is 0 Å². The topological polar surface area (TPSA) is 30.0 Å². The molecule has 0 aliphatic rings. The number of nitrogens with zero attached hydrogens (tertiary/aromatic N) is 1. The third kappa shape index (κ3) is 2.35. The van der Waals surface area contributed by atoms with E-state index >= 15 is 0 Å². The second kappa shape index (κ2) is 4.01. The largest absolute Gasteiger partial charge is 0.417 e. The summed E-state index contributed by atoms with van der Waals surface area (Å²) in [5.74, 6) is 0. The summed E-state index contributed by atoms with van der Waals surface area (Å²) in [6.07, 6.45) is -3.60. The van der Waals surface area contributed by atoms with E-state index in [4.69, 9.17) is 11.6 Å². The van der Waals surface area contributed by atoms with Gasteiger partial charge in [-0.1, -0.05) is 0 Å². The number of alkyl halides is 3. The van der Waals surface area contributed by atoms with Crippen molar-refractivity contribution >= 4 is 39.4 Å². The predicted octanol–water partition coefficient (Wildman–Crippen LogP) is 3.08. The number of hydrogen-bond acceptors (Lipinski definition) is 2. The van der Waals surface area contributed by atoms with Crippen LogP contribution in [0.15, 0.2) is 12.3 Å². The number of carbonyl (C=O) groups is 1. The first-order chi connectivity index (χ1) is 6.34. The van der Waals surface area contributed by atoms with E-state index in [-0.39, 0.29) is 9.26 Å². The molecule has 0 bridgehead atoms. The Hall–Kier alpha value is -0.370. The Labute approximate surface area is 95.6 Å². The smallest absolute Gasteiger partial charge is 0.274 e. The van der Waals surface area contributed by atoms with Crippen molar-refractivity contribution in [3.05, 3.63) is 27.1 Å². The molecular formula is C7H2ClF3INO. The van der Waals surface area contributed by atoms with Crippen LogP contribution in [-0.4, -0.2) is 10.2 Å². The maximum absolute atomic E-state index is 12.3. The lowest BCUT2D eigenvalue weighted by molar-refractivity contribution is -0.138. The molecular weight excluding hydrogens is 333 g/mol. The van der Waals surface area contributed by atoms with E-state index in [1.807, 2.05) is 0 Å². The molecule has 0 unspecified atom stereocenters. The first kappa shape index (κ1) is 11.7. The lowest BCUT2D eigenvalue weighted by Crippen LogP contribution is -2.11. The van der Waals surface area contributed by atoms with Gasteiger partial charge in [-0.2, -0.15) is 13.2 Å². The van der Waals surface area contributed by atoms with Gasteiger partial charge in [0.2, 0.25) is 0 Å². The maximum atomic E-state index is 12.3. The summed E-state index contributed by atoms with van der Waals surface area (Å²) >= 11 is 6.45. The number of carbonyl (C=O) groups excluding carboxylic acids is 1. The third-order valence-electron chi connectivity index (χ3n) is 1.38. The zero-order valence-corrected chi connectivity index (χ0v) is 9.31. The minimum absolute atomic E-state index is 0.280. The molecule has 0 spiro atoms. The Kier molecular flexibility index (Phi) is 3.36. The molecule has 1 aromatic rings. The summed E-state index contributed by atoms with van der Waals surface area (Å²) in [6.45, 7) is 0. The van der Waals surface area contributed by atoms with Crippen molar-refractivity contribution in [3.8, 4) is 0 Å². The lowest BCUT2D eigenvalue weighted by Gasteiger charge is -2.09. The SMILES string of the molecule is O=C(Cl)c1nccc(C(F)(F)F)c1I. The zero-order valence-electron chi connectivity index (χ0n) is 6.40. The predicted molar refractivity (Wildman–Crippen MR) is 52.1 cm³/mol. The van der Waals surface area contributed by atoms with Gasteiger partial charge in [0.05, 0.1) is 9.13 Å². The molecule has 1 aromatic heterocycles. The van der Waals surface area contributed by atoms with Gasteiger partial charge in [0, 0.05) is 6.20 Å². The summed E-state index contributed by atoms with van der Waals surface area (Å²) in [5.41, 5.74) is -1.28. The summed E-state index contributed by atoms with van der Waals surface area (Å²) < 4.78 is 36.6. The Morgan fingerprint density at radius 1 is 1.50 bits per heavy atom. The van der Waals surface area contributed by atoms with Crippen molar-refractivity contribution < 1.29 is 18.0 Å². The van der Waals surface area contributed by atoms with Crippen molar-refractivity contribution in [3.63, 3.8) is 0 Å². The molecule has 0 aliphatic carbocycles. The van der Waals surface area contributed by atoms with E-state index in [9.17, 15) is 18.0 Å². The van der Waals surface area contributed by atoms with Gasteiger partial charge in [0.25, 0.3) is 5.24 Å². The first-order valence-corrected chi connectivity index (χ1v) is 4.71. The fourth-order valence-electron chi connectivity index (χ4n) is 0.800. The van der Waals surface area contributed by atoms with Gasteiger partial charge in [-0.15, -0.1) is 0 Å². The Morgan fingerprint density at radius 3 is 2.50 bits per heavy atom. The number of aromatic nitrogens is 1. The van der Waals surface area contributed by atoms with Crippen LogP contribution in [-0.2, 0) is 6.18 Å². The molecule has 1 rings (SSSR count). The second-order valence-electron chi connectivity index (χ2n) is 2.29. The van der Waals surface area contributed by atoms with Gasteiger partial charge < -0.3 is 0 Å². The van der Waals surface area contributed by atoms with Crippen molar-refractivity contribution in [1.82, 2.24) is 4.98 Å². The molecule has 14 heavy (non-hydrogen) atoms. The normalized spacial score (nSPS) is 11.5. The highest BCUT2D eigenvalue weighted by molar-refractivity contribution is 14.1. The fraction of sp³-hybridized carbons (Fsp3) is 0.143. The molecule has 1 heterocycles. The monoisotopic (exact) mass is 335 g/mol. The van der Waals surface area contributed by atoms with Crippen LogP contribution in [0.4, 0.5) is 13.2 Å². The van der Waals surface area contributed by atoms with Gasteiger partial charge in [0.15, 0.2) is 0 Å². The van der Waals surface area contributed by atoms with Gasteiger partial charge in [-0.25, -0.2) is 0 Å². The van der Waals surface area contributed by atoms with Crippen LogP contribution < -0.4 is 0 Å². The van der Waals surface area contributed by atoms with E-state index in [1.165, 1.54) is 22.6 Å². The van der Waals surface area contributed by atoms with Crippen LogP contribution >= 0.6 is 34.2 Å². The van der Waals surface area contributed by atoms with Crippen LogP contribution in [0.1, 0.15) is 16.1 Å². The van der Waals surface area contributed by atoms with Crippen LogP contribution in [0.25, 0.3) is 0 Å². The standard InChI is InChI=1S/C7H2ClF3INO/c8-6(14)5-4(12)3(1-2-13-5)7(9,10)11/h1-2H. The summed E-state index contributed by atoms with van der Waals surface area (Å²) in [5, 5.41) is -1.000. The van der Waals surface area contributed by atoms with Crippen molar-refractivity contribution in [2.75, 3.05) is 0 Å². The average molecular weight is 335 g/mol. The molecule has 0 atom stereocenters. The number of pyridine rings is 1. The van der Waals surface area contributed by atoms with Crippen LogP contribution in [0.3, 0.4) is 0 Å². The molecule has 0 amide bonds. The minimum atomic E-state index is -4.50. The summed E-state index contributed by atoms with van der Waals surface area (Å²) in [7, 11) is 0. The highest BCUT2D eigenvalue weighted by Crippen LogP contribution is 2.33. The number of rotatable bonds is 1. The maximum Gasteiger partial charge on any atom is 0.417 e. The van der Waals surface area contributed by atoms with Crippen LogP contribution in [0.5, 0.6) is 0 Å². The lowest BCUT2D eigenvalue weighted by atomic mass is 10.2. The molecule has 0 aliphatic heterocycles. The molecule has 0 saturated carbocycles. The summed E-state index contributed by atoms with van der Waals surface area (Å²) in [4.78, 5) is 14.1. The molecule has 0 aromatic carbocycles. The van der Waals surface area contributed by atoms with Crippen molar-refractivity contribution in [2.24, 2.45) is 0 Å². The number of halogens is 5. The second-order valence-corrected chi connectivity index (χ2v) is 3.71. The summed E-state index contributed by atoms with van der Waals surface area (Å²) in [6, 6.07) is 0.797. The highest BCUT2D eigenvalue weighted by Gasteiger charge is 2.34. The van der Waals surface area contributed by atoms with Gasteiger partial charge in [-0.3, -0.25) is 9.78 Å². The Bertz CT molecular complexity index is 380.